The number of hydrogen-bond donors (Lipinski definition) is 1. The fourth-order valence-corrected chi connectivity index (χ4v) is 1.71. The van der Waals surface area contributed by atoms with Crippen LogP contribution in [-0.4, -0.2) is 55.5 Å². The molecule has 1 atom stereocenters. The molecule has 0 radical (unpaired) electrons. The summed E-state index contributed by atoms with van der Waals surface area (Å²) in [6.45, 7) is 2.46. The molecule has 1 aliphatic rings. The van der Waals surface area contributed by atoms with Gasteiger partial charge in [0.2, 0.25) is 5.91 Å². The summed E-state index contributed by atoms with van der Waals surface area (Å²) in [5.74, 6) is 0.244. The third-order valence-electron chi connectivity index (χ3n) is 2.58. The molecule has 14 heavy (non-hydrogen) atoms. The molecule has 1 amide bonds. The molecule has 0 aromatic carbocycles. The lowest BCUT2D eigenvalue weighted by Crippen LogP contribution is -2.46. The Kier molecular flexibility index (Phi) is 4.35. The minimum absolute atomic E-state index is 0.187. The zero-order valence-electron chi connectivity index (χ0n) is 9.20. The first-order chi connectivity index (χ1) is 6.59. The van der Waals surface area contributed by atoms with Crippen molar-refractivity contribution in [2.75, 3.05) is 33.7 Å². The largest absolute Gasteiger partial charge is 0.341 e. The summed E-state index contributed by atoms with van der Waals surface area (Å²) in [5.41, 5.74) is 5.81. The molecule has 0 aromatic heterocycles. The van der Waals surface area contributed by atoms with Crippen molar-refractivity contribution in [3.05, 3.63) is 0 Å². The van der Waals surface area contributed by atoms with Gasteiger partial charge >= 0.3 is 0 Å². The summed E-state index contributed by atoms with van der Waals surface area (Å²) >= 11 is 0. The average Bonchev–Trinajstić information content (AvgIpc) is 2.14. The number of carbonyl (C=O) groups excluding carboxylic acids is 1. The van der Waals surface area contributed by atoms with Gasteiger partial charge in [0.25, 0.3) is 0 Å². The van der Waals surface area contributed by atoms with Gasteiger partial charge in [-0.15, -0.1) is 0 Å². The van der Waals surface area contributed by atoms with Crippen molar-refractivity contribution in [2.45, 2.75) is 25.3 Å². The van der Waals surface area contributed by atoms with Crippen LogP contribution in [0.4, 0.5) is 0 Å². The molecule has 1 fully saturated rings. The van der Waals surface area contributed by atoms with Crippen molar-refractivity contribution >= 4 is 5.91 Å². The van der Waals surface area contributed by atoms with Crippen molar-refractivity contribution < 1.29 is 4.79 Å². The van der Waals surface area contributed by atoms with E-state index in [-0.39, 0.29) is 11.9 Å². The Morgan fingerprint density at radius 2 is 2.29 bits per heavy atom. The summed E-state index contributed by atoms with van der Waals surface area (Å²) < 4.78 is 0. The second-order valence-electron chi connectivity index (χ2n) is 4.30. The van der Waals surface area contributed by atoms with E-state index in [0.29, 0.717) is 6.42 Å². The maximum absolute atomic E-state index is 11.7. The Labute approximate surface area is 86.0 Å². The Bertz CT molecular complexity index is 194. The first-order valence-electron chi connectivity index (χ1n) is 5.27. The van der Waals surface area contributed by atoms with Crippen LogP contribution in [0.3, 0.4) is 0 Å². The quantitative estimate of drug-likeness (QED) is 0.690. The van der Waals surface area contributed by atoms with Crippen molar-refractivity contribution in [3.8, 4) is 0 Å². The number of nitrogens with two attached hydrogens (primary N) is 1. The van der Waals surface area contributed by atoms with Crippen LogP contribution in [0.2, 0.25) is 0 Å². The molecule has 0 saturated carbocycles. The number of piperidine rings is 1. The van der Waals surface area contributed by atoms with Crippen molar-refractivity contribution in [2.24, 2.45) is 5.73 Å². The maximum Gasteiger partial charge on any atom is 0.223 e. The van der Waals surface area contributed by atoms with Crippen LogP contribution in [0, 0.1) is 0 Å². The predicted molar refractivity (Wildman–Crippen MR) is 57.0 cm³/mol. The van der Waals surface area contributed by atoms with Gasteiger partial charge < -0.3 is 15.5 Å². The van der Waals surface area contributed by atoms with Crippen molar-refractivity contribution in [1.29, 1.82) is 0 Å². The molecule has 0 bridgehead atoms. The highest BCUT2D eigenvalue weighted by molar-refractivity contribution is 5.76. The molecule has 4 nitrogen and oxygen atoms in total. The van der Waals surface area contributed by atoms with Crippen LogP contribution < -0.4 is 5.73 Å². The van der Waals surface area contributed by atoms with E-state index in [1.165, 1.54) is 0 Å². The molecule has 1 saturated heterocycles. The lowest BCUT2D eigenvalue weighted by atomic mass is 10.1. The minimum atomic E-state index is 0.187. The first-order valence-corrected chi connectivity index (χ1v) is 5.27. The SMILES string of the molecule is CN(C)CCC(=O)N1CCCC(N)C1. The highest BCUT2D eigenvalue weighted by Crippen LogP contribution is 2.09. The lowest BCUT2D eigenvalue weighted by Gasteiger charge is -2.31. The van der Waals surface area contributed by atoms with E-state index in [1.54, 1.807) is 0 Å². The fraction of sp³-hybridized carbons (Fsp3) is 0.900. The van der Waals surface area contributed by atoms with E-state index in [4.69, 9.17) is 5.73 Å². The number of hydrogen-bond acceptors (Lipinski definition) is 3. The third-order valence-corrected chi connectivity index (χ3v) is 2.58. The summed E-state index contributed by atoms with van der Waals surface area (Å²) in [4.78, 5) is 15.6. The van der Waals surface area contributed by atoms with Crippen LogP contribution in [0.25, 0.3) is 0 Å². The van der Waals surface area contributed by atoms with Gasteiger partial charge in [-0.05, 0) is 26.9 Å². The molecule has 1 aliphatic heterocycles. The normalized spacial score (nSPS) is 22.9. The van der Waals surface area contributed by atoms with E-state index in [1.807, 2.05) is 23.9 Å². The van der Waals surface area contributed by atoms with Gasteiger partial charge in [0.05, 0.1) is 0 Å². The molecule has 82 valence electrons. The standard InChI is InChI=1S/C10H21N3O/c1-12(2)7-5-10(14)13-6-3-4-9(11)8-13/h9H,3-8,11H2,1-2H3. The molecule has 1 rings (SSSR count). The Balaban J connectivity index is 2.29. The number of carbonyl (C=O) groups is 1. The second-order valence-corrected chi connectivity index (χ2v) is 4.30. The second kappa shape index (κ2) is 5.32. The summed E-state index contributed by atoms with van der Waals surface area (Å²) in [7, 11) is 3.96. The van der Waals surface area contributed by atoms with Crippen LogP contribution in [0.5, 0.6) is 0 Å². The van der Waals surface area contributed by atoms with Gasteiger partial charge in [-0.1, -0.05) is 0 Å². The Morgan fingerprint density at radius 3 is 2.86 bits per heavy atom. The average molecular weight is 199 g/mol. The van der Waals surface area contributed by atoms with Gasteiger partial charge in [0.15, 0.2) is 0 Å². The van der Waals surface area contributed by atoms with Gasteiger partial charge in [-0.25, -0.2) is 0 Å². The number of amides is 1. The highest BCUT2D eigenvalue weighted by Gasteiger charge is 2.20. The Hall–Kier alpha value is -0.610. The summed E-state index contributed by atoms with van der Waals surface area (Å²) in [6, 6.07) is 0.187. The van der Waals surface area contributed by atoms with E-state index in [0.717, 1.165) is 32.5 Å². The van der Waals surface area contributed by atoms with Gasteiger partial charge in [-0.2, -0.15) is 0 Å². The number of nitrogens with zero attached hydrogens (tertiary/aromatic N) is 2. The van der Waals surface area contributed by atoms with E-state index >= 15 is 0 Å². The minimum Gasteiger partial charge on any atom is -0.341 e. The molecule has 0 aromatic rings. The molecular formula is C10H21N3O. The van der Waals surface area contributed by atoms with E-state index < -0.39 is 0 Å². The molecule has 0 spiro atoms. The van der Waals surface area contributed by atoms with Crippen molar-refractivity contribution in [1.82, 2.24) is 9.80 Å². The highest BCUT2D eigenvalue weighted by atomic mass is 16.2. The number of rotatable bonds is 3. The molecular weight excluding hydrogens is 178 g/mol. The van der Waals surface area contributed by atoms with Crippen molar-refractivity contribution in [3.63, 3.8) is 0 Å². The van der Waals surface area contributed by atoms with Gasteiger partial charge in [0.1, 0.15) is 0 Å². The van der Waals surface area contributed by atoms with Crippen LogP contribution in [-0.2, 0) is 4.79 Å². The zero-order chi connectivity index (χ0) is 10.6. The molecule has 2 N–H and O–H groups in total. The molecule has 4 heteroatoms. The van der Waals surface area contributed by atoms with E-state index in [9.17, 15) is 4.79 Å². The summed E-state index contributed by atoms with van der Waals surface area (Å²) in [5, 5.41) is 0. The fourth-order valence-electron chi connectivity index (χ4n) is 1.71. The number of likely N-dealkylation sites (tertiary alicyclic amines) is 1. The van der Waals surface area contributed by atoms with Crippen LogP contribution in [0.15, 0.2) is 0 Å². The molecule has 1 heterocycles. The van der Waals surface area contributed by atoms with Crippen LogP contribution in [0.1, 0.15) is 19.3 Å². The Morgan fingerprint density at radius 1 is 1.57 bits per heavy atom. The third kappa shape index (κ3) is 3.64. The smallest absolute Gasteiger partial charge is 0.223 e. The zero-order valence-corrected chi connectivity index (χ0v) is 9.20. The monoisotopic (exact) mass is 199 g/mol. The summed E-state index contributed by atoms with van der Waals surface area (Å²) in [6.07, 6.45) is 2.71. The first kappa shape index (κ1) is 11.5. The predicted octanol–water partition coefficient (Wildman–Crippen LogP) is -0.112. The van der Waals surface area contributed by atoms with Crippen LogP contribution >= 0.6 is 0 Å². The van der Waals surface area contributed by atoms with Gasteiger partial charge in [0, 0.05) is 32.1 Å². The molecule has 1 unspecified atom stereocenters. The topological polar surface area (TPSA) is 49.6 Å². The van der Waals surface area contributed by atoms with E-state index in [2.05, 4.69) is 0 Å². The lowest BCUT2D eigenvalue weighted by molar-refractivity contribution is -0.132. The molecule has 0 aliphatic carbocycles. The maximum atomic E-state index is 11.7. The van der Waals surface area contributed by atoms with Gasteiger partial charge in [-0.3, -0.25) is 4.79 Å².